The van der Waals surface area contributed by atoms with E-state index in [-0.39, 0.29) is 30.2 Å². The molecule has 14 heteroatoms. The third kappa shape index (κ3) is 5.07. The van der Waals surface area contributed by atoms with Crippen molar-refractivity contribution in [2.75, 3.05) is 18.5 Å². The van der Waals surface area contributed by atoms with Crippen molar-refractivity contribution >= 4 is 30.5 Å². The number of hydrogen-bond acceptors (Lipinski definition) is 10. The van der Waals surface area contributed by atoms with Crippen molar-refractivity contribution in [2.45, 2.75) is 38.4 Å². The number of carbonyl (C=O) groups is 1. The van der Waals surface area contributed by atoms with E-state index in [0.29, 0.717) is 5.56 Å². The molecule has 0 saturated carbocycles. The Bertz CT molecular complexity index is 1290. The number of halogens is 1. The Labute approximate surface area is 205 Å². The number of amides is 1. The van der Waals surface area contributed by atoms with Crippen LogP contribution in [0.25, 0.3) is 11.2 Å². The minimum Gasteiger partial charge on any atom is -0.387 e. The van der Waals surface area contributed by atoms with E-state index < -0.39 is 43.6 Å². The summed E-state index contributed by atoms with van der Waals surface area (Å²) in [5, 5.41) is 23.8. The molecule has 0 radical (unpaired) electrons. The number of rotatable bonds is 9. The van der Waals surface area contributed by atoms with Gasteiger partial charge in [0.15, 0.2) is 23.2 Å². The van der Waals surface area contributed by atoms with Gasteiger partial charge in [-0.05, 0) is 32.1 Å². The summed E-state index contributed by atoms with van der Waals surface area (Å²) in [5.41, 5.74) is -0.445. The van der Waals surface area contributed by atoms with Crippen LogP contribution in [0.5, 0.6) is 0 Å². The normalized spacial score (nSPS) is 22.8. The van der Waals surface area contributed by atoms with Crippen molar-refractivity contribution < 1.29 is 37.7 Å². The lowest BCUT2D eigenvalue weighted by molar-refractivity contribution is -0.0247. The first-order valence-electron chi connectivity index (χ1n) is 11.1. The number of aromatic nitrogens is 4. The third-order valence-electron chi connectivity index (χ3n) is 5.34. The number of nitrogens with zero attached hydrogens (tertiary/aromatic N) is 4. The van der Waals surface area contributed by atoms with E-state index in [1.165, 1.54) is 31.1 Å². The molecule has 1 amide bonds. The summed E-state index contributed by atoms with van der Waals surface area (Å²) in [5.74, 6) is -0.288. The highest BCUT2D eigenvalue weighted by Crippen LogP contribution is 2.57. The second-order valence-electron chi connectivity index (χ2n) is 7.66. The first-order chi connectivity index (χ1) is 17.3. The zero-order valence-corrected chi connectivity index (χ0v) is 20.3. The Morgan fingerprint density at radius 3 is 2.53 bits per heavy atom. The molecule has 1 aromatic carbocycles. The molecule has 1 saturated heterocycles. The van der Waals surface area contributed by atoms with Crippen LogP contribution in [0.1, 0.15) is 30.4 Å². The highest BCUT2D eigenvalue weighted by atomic mass is 31.2. The predicted molar refractivity (Wildman–Crippen MR) is 126 cm³/mol. The molecule has 1 fully saturated rings. The molecule has 0 spiro atoms. The van der Waals surface area contributed by atoms with E-state index in [0.717, 1.165) is 6.08 Å². The van der Waals surface area contributed by atoms with Gasteiger partial charge in [0.1, 0.15) is 24.6 Å². The van der Waals surface area contributed by atoms with Crippen LogP contribution in [-0.4, -0.2) is 67.2 Å². The maximum Gasteiger partial charge on any atom is 0.389 e. The van der Waals surface area contributed by atoms with Gasteiger partial charge in [0.05, 0.1) is 19.5 Å². The molecule has 1 aliphatic rings. The zero-order valence-electron chi connectivity index (χ0n) is 19.4. The number of nitrogens with one attached hydrogen (secondary N) is 1. The summed E-state index contributed by atoms with van der Waals surface area (Å²) in [6.45, 7) is 2.92. The van der Waals surface area contributed by atoms with Gasteiger partial charge in [0, 0.05) is 5.56 Å². The number of imidazole rings is 1. The van der Waals surface area contributed by atoms with Crippen LogP contribution in [0.3, 0.4) is 0 Å². The molecule has 1 aliphatic heterocycles. The number of aliphatic hydroxyl groups excluding tert-OH is 2. The summed E-state index contributed by atoms with van der Waals surface area (Å²) in [6.07, 6.45) is -2.47. The van der Waals surface area contributed by atoms with Gasteiger partial charge >= 0.3 is 7.60 Å². The van der Waals surface area contributed by atoms with Crippen LogP contribution < -0.4 is 5.32 Å². The van der Waals surface area contributed by atoms with Gasteiger partial charge in [0.25, 0.3) is 5.91 Å². The van der Waals surface area contributed by atoms with Crippen LogP contribution in [0, 0.1) is 0 Å². The maximum atomic E-state index is 14.8. The van der Waals surface area contributed by atoms with E-state index in [4.69, 9.17) is 13.8 Å². The zero-order chi connectivity index (χ0) is 25.9. The van der Waals surface area contributed by atoms with Gasteiger partial charge in [-0.3, -0.25) is 13.9 Å². The molecule has 12 nitrogen and oxygen atoms in total. The smallest absolute Gasteiger partial charge is 0.387 e. The molecule has 0 bridgehead atoms. The number of anilines is 1. The Morgan fingerprint density at radius 1 is 1.17 bits per heavy atom. The van der Waals surface area contributed by atoms with Crippen molar-refractivity contribution in [2.24, 2.45) is 0 Å². The van der Waals surface area contributed by atoms with Gasteiger partial charge in [0.2, 0.25) is 5.57 Å². The molecule has 3 aromatic rings. The van der Waals surface area contributed by atoms with Gasteiger partial charge < -0.3 is 29.3 Å². The maximum absolute atomic E-state index is 14.8. The quantitative estimate of drug-likeness (QED) is 0.358. The van der Waals surface area contributed by atoms with E-state index in [2.05, 4.69) is 20.3 Å². The molecule has 4 atom stereocenters. The van der Waals surface area contributed by atoms with Crippen LogP contribution >= 0.6 is 7.60 Å². The molecular weight excluding hydrogens is 496 g/mol. The number of ether oxygens (including phenoxy) is 1. The monoisotopic (exact) mass is 521 g/mol. The Hall–Kier alpha value is -3.06. The molecule has 2 aromatic heterocycles. The van der Waals surface area contributed by atoms with Crippen molar-refractivity contribution in [3.05, 3.63) is 60.2 Å². The topological polar surface area (TPSA) is 158 Å². The van der Waals surface area contributed by atoms with Crippen molar-refractivity contribution in [3.8, 4) is 0 Å². The van der Waals surface area contributed by atoms with Crippen LogP contribution in [0.2, 0.25) is 0 Å². The van der Waals surface area contributed by atoms with Gasteiger partial charge in [-0.25, -0.2) is 15.0 Å². The minimum atomic E-state index is -4.23. The lowest BCUT2D eigenvalue weighted by atomic mass is 10.1. The molecule has 4 rings (SSSR count). The summed E-state index contributed by atoms with van der Waals surface area (Å²) in [4.78, 5) is 25.0. The third-order valence-corrected chi connectivity index (χ3v) is 7.21. The first kappa shape index (κ1) is 26.0. The van der Waals surface area contributed by atoms with Gasteiger partial charge in [-0.15, -0.1) is 0 Å². The van der Waals surface area contributed by atoms with Crippen molar-refractivity contribution in [1.82, 2.24) is 19.5 Å². The fraction of sp³-hybridized carbons (Fsp3) is 0.364. The number of fused-ring (bicyclic) bond motifs is 1. The van der Waals surface area contributed by atoms with Crippen LogP contribution in [0.15, 0.2) is 54.6 Å². The first-order valence-corrected chi connectivity index (χ1v) is 12.7. The molecule has 3 heterocycles. The average Bonchev–Trinajstić information content (AvgIpc) is 3.42. The Kier molecular flexibility index (Phi) is 7.88. The van der Waals surface area contributed by atoms with E-state index in [1.54, 1.807) is 30.3 Å². The van der Waals surface area contributed by atoms with Crippen LogP contribution in [0.4, 0.5) is 10.2 Å². The number of aliphatic hydroxyl groups is 2. The number of carbonyl (C=O) groups excluding carboxylic acids is 1. The molecular formula is C22H25FN5O7P. The highest BCUT2D eigenvalue weighted by molar-refractivity contribution is 7.58. The number of hydrogen-bond donors (Lipinski definition) is 3. The number of benzene rings is 1. The summed E-state index contributed by atoms with van der Waals surface area (Å²) in [6, 6.07) is 8.50. The summed E-state index contributed by atoms with van der Waals surface area (Å²) < 4.78 is 44.4. The fourth-order valence-electron chi connectivity index (χ4n) is 3.68. The lowest BCUT2D eigenvalue weighted by Crippen LogP contribution is -2.30. The van der Waals surface area contributed by atoms with E-state index >= 15 is 0 Å². The van der Waals surface area contributed by atoms with Crippen LogP contribution in [-0.2, 0) is 18.3 Å². The van der Waals surface area contributed by atoms with Crippen molar-refractivity contribution in [1.29, 1.82) is 0 Å². The summed E-state index contributed by atoms with van der Waals surface area (Å²) >= 11 is 0. The molecule has 192 valence electrons. The molecule has 3 N–H and O–H groups in total. The second kappa shape index (κ2) is 10.9. The SMILES string of the molecule is CCOP(=O)(OCC)/C(F)=C/C1OC(n2cnc3c(NC(=O)c4ccccc4)ncnc32)C(O)C1O. The minimum absolute atomic E-state index is 0.0677. The Balaban J connectivity index is 1.59. The molecule has 36 heavy (non-hydrogen) atoms. The summed E-state index contributed by atoms with van der Waals surface area (Å²) in [7, 11) is -4.23. The molecule has 0 aliphatic carbocycles. The predicted octanol–water partition coefficient (Wildman–Crippen LogP) is 2.77. The standard InChI is InChI=1S/C22H25FN5O7P/c1-3-33-36(32,34-4-2)15(23)10-14-17(29)18(30)22(35-14)28-12-26-16-19(24-11-25-20(16)28)27-21(31)13-8-6-5-7-9-13/h5-12,14,17-18,22,29-30H,3-4H2,1-2H3,(H,24,25,27,31)/b15-10+. The average molecular weight is 521 g/mol. The van der Waals surface area contributed by atoms with E-state index in [9.17, 15) is 24.0 Å². The van der Waals surface area contributed by atoms with Crippen molar-refractivity contribution in [3.63, 3.8) is 0 Å². The van der Waals surface area contributed by atoms with Gasteiger partial charge in [-0.2, -0.15) is 4.39 Å². The fourth-order valence-corrected chi connectivity index (χ4v) is 5.01. The largest absolute Gasteiger partial charge is 0.389 e. The Morgan fingerprint density at radius 2 is 1.86 bits per heavy atom. The van der Waals surface area contributed by atoms with Gasteiger partial charge in [-0.1, -0.05) is 18.2 Å². The molecule has 4 unspecified atom stereocenters. The lowest BCUT2D eigenvalue weighted by Gasteiger charge is -2.17. The highest BCUT2D eigenvalue weighted by Gasteiger charge is 2.45. The second-order valence-corrected chi connectivity index (χ2v) is 9.60. The van der Waals surface area contributed by atoms with E-state index in [1.807, 2.05) is 0 Å².